The molecule has 0 bridgehead atoms. The van der Waals surface area contributed by atoms with Gasteiger partial charge in [-0.15, -0.1) is 0 Å². The SMILES string of the molecule is C[C@@H]1CN(C(=O)c2ccccc2)CCN1S(=O)(=O)c1ccc(-c2cn[nH]n2)cc1. The van der Waals surface area contributed by atoms with Crippen LogP contribution < -0.4 is 0 Å². The number of carbonyl (C=O) groups excluding carboxylic acids is 1. The molecule has 4 rings (SSSR count). The van der Waals surface area contributed by atoms with Gasteiger partial charge in [-0.2, -0.15) is 19.7 Å². The maximum absolute atomic E-state index is 13.1. The maximum Gasteiger partial charge on any atom is 0.253 e. The number of hydrogen-bond donors (Lipinski definition) is 1. The minimum absolute atomic E-state index is 0.0773. The van der Waals surface area contributed by atoms with Crippen LogP contribution in [0.25, 0.3) is 11.3 Å². The Balaban J connectivity index is 1.49. The lowest BCUT2D eigenvalue weighted by molar-refractivity contribution is 0.0642. The average Bonchev–Trinajstić information content (AvgIpc) is 3.28. The third-order valence-electron chi connectivity index (χ3n) is 5.05. The highest BCUT2D eigenvalue weighted by Gasteiger charge is 2.35. The predicted octanol–water partition coefficient (Wildman–Crippen LogP) is 2.01. The minimum atomic E-state index is -3.66. The highest BCUT2D eigenvalue weighted by Crippen LogP contribution is 2.24. The summed E-state index contributed by atoms with van der Waals surface area (Å²) in [4.78, 5) is 14.6. The fourth-order valence-corrected chi connectivity index (χ4v) is 5.13. The Labute approximate surface area is 169 Å². The zero-order valence-corrected chi connectivity index (χ0v) is 16.7. The zero-order chi connectivity index (χ0) is 20.4. The number of aromatic amines is 1. The minimum Gasteiger partial charge on any atom is -0.336 e. The van der Waals surface area contributed by atoms with Crippen LogP contribution >= 0.6 is 0 Å². The molecule has 1 aliphatic rings. The van der Waals surface area contributed by atoms with E-state index in [-0.39, 0.29) is 23.4 Å². The molecular weight excluding hydrogens is 390 g/mol. The summed E-state index contributed by atoms with van der Waals surface area (Å²) in [5.41, 5.74) is 2.04. The van der Waals surface area contributed by atoms with Crippen molar-refractivity contribution in [2.24, 2.45) is 0 Å². The molecule has 1 amide bonds. The normalized spacial score (nSPS) is 18.0. The number of piperazine rings is 1. The number of benzene rings is 2. The summed E-state index contributed by atoms with van der Waals surface area (Å²) in [6.45, 7) is 2.79. The Morgan fingerprint density at radius 1 is 1.07 bits per heavy atom. The molecule has 1 atom stereocenters. The molecule has 8 nitrogen and oxygen atoms in total. The van der Waals surface area contributed by atoms with E-state index in [1.54, 1.807) is 47.5 Å². The van der Waals surface area contributed by atoms with Crippen LogP contribution in [0.2, 0.25) is 0 Å². The Morgan fingerprint density at radius 3 is 2.41 bits per heavy atom. The first kappa shape index (κ1) is 19.3. The highest BCUT2D eigenvalue weighted by molar-refractivity contribution is 7.89. The van der Waals surface area contributed by atoms with E-state index in [2.05, 4.69) is 15.4 Å². The van der Waals surface area contributed by atoms with Gasteiger partial charge in [-0.05, 0) is 31.2 Å². The van der Waals surface area contributed by atoms with E-state index in [0.717, 1.165) is 5.56 Å². The van der Waals surface area contributed by atoms with Crippen LogP contribution in [0.1, 0.15) is 17.3 Å². The highest BCUT2D eigenvalue weighted by atomic mass is 32.2. The molecule has 150 valence electrons. The number of carbonyl (C=O) groups is 1. The second-order valence-electron chi connectivity index (χ2n) is 6.96. The van der Waals surface area contributed by atoms with Crippen LogP contribution in [0.15, 0.2) is 65.7 Å². The molecule has 1 aliphatic heterocycles. The molecule has 0 radical (unpaired) electrons. The van der Waals surface area contributed by atoms with Gasteiger partial charge in [0, 0.05) is 36.8 Å². The summed E-state index contributed by atoms with van der Waals surface area (Å²) in [7, 11) is -3.66. The lowest BCUT2D eigenvalue weighted by Gasteiger charge is -2.39. The first-order valence-corrected chi connectivity index (χ1v) is 10.7. The number of nitrogens with one attached hydrogen (secondary N) is 1. The third kappa shape index (κ3) is 3.79. The van der Waals surface area contributed by atoms with Crippen LogP contribution in [0, 0.1) is 0 Å². The number of hydrogen-bond acceptors (Lipinski definition) is 5. The third-order valence-corrected chi connectivity index (χ3v) is 7.07. The average molecular weight is 411 g/mol. The van der Waals surface area contributed by atoms with Crippen LogP contribution in [0.4, 0.5) is 0 Å². The number of rotatable bonds is 4. The molecule has 3 aromatic rings. The van der Waals surface area contributed by atoms with Crippen LogP contribution in [0.5, 0.6) is 0 Å². The first-order chi connectivity index (χ1) is 14.0. The van der Waals surface area contributed by atoms with Gasteiger partial charge in [0.25, 0.3) is 5.91 Å². The van der Waals surface area contributed by atoms with Gasteiger partial charge in [0.1, 0.15) is 5.69 Å². The number of aromatic nitrogens is 3. The van der Waals surface area contributed by atoms with Crippen molar-refractivity contribution in [2.45, 2.75) is 17.9 Å². The fraction of sp³-hybridized carbons (Fsp3) is 0.250. The summed E-state index contributed by atoms with van der Waals surface area (Å²) in [6.07, 6.45) is 1.58. The first-order valence-electron chi connectivity index (χ1n) is 9.29. The van der Waals surface area contributed by atoms with Crippen LogP contribution in [-0.4, -0.2) is 64.6 Å². The molecule has 2 heterocycles. The van der Waals surface area contributed by atoms with E-state index in [0.29, 0.717) is 24.3 Å². The topological polar surface area (TPSA) is 99.3 Å². The van der Waals surface area contributed by atoms with Crippen molar-refractivity contribution in [3.05, 3.63) is 66.4 Å². The molecule has 1 aromatic heterocycles. The summed E-state index contributed by atoms with van der Waals surface area (Å²) in [6, 6.07) is 15.3. The Morgan fingerprint density at radius 2 is 1.79 bits per heavy atom. The van der Waals surface area contributed by atoms with Gasteiger partial charge >= 0.3 is 0 Å². The standard InChI is InChI=1S/C20H21N5O3S/c1-15-14-24(20(26)17-5-3-2-4-6-17)11-12-25(15)29(27,28)18-9-7-16(8-10-18)19-13-21-23-22-19/h2-10,13,15H,11-12,14H2,1H3,(H,21,22,23)/t15-/m1/s1. The summed E-state index contributed by atoms with van der Waals surface area (Å²) in [5, 5.41) is 10.3. The molecule has 0 saturated carbocycles. The lowest BCUT2D eigenvalue weighted by Crippen LogP contribution is -2.55. The van der Waals surface area contributed by atoms with E-state index in [1.807, 2.05) is 25.1 Å². The molecule has 0 unspecified atom stereocenters. The zero-order valence-electron chi connectivity index (χ0n) is 15.9. The van der Waals surface area contributed by atoms with Gasteiger partial charge in [-0.1, -0.05) is 30.3 Å². The van der Waals surface area contributed by atoms with E-state index in [4.69, 9.17) is 0 Å². The molecule has 1 saturated heterocycles. The summed E-state index contributed by atoms with van der Waals surface area (Å²) < 4.78 is 27.7. The van der Waals surface area contributed by atoms with E-state index < -0.39 is 10.0 Å². The van der Waals surface area contributed by atoms with E-state index in [1.165, 1.54) is 4.31 Å². The maximum atomic E-state index is 13.1. The predicted molar refractivity (Wildman–Crippen MR) is 108 cm³/mol. The molecule has 0 aliphatic carbocycles. The second-order valence-corrected chi connectivity index (χ2v) is 8.85. The van der Waals surface area contributed by atoms with Gasteiger partial charge in [0.05, 0.1) is 11.1 Å². The van der Waals surface area contributed by atoms with E-state index >= 15 is 0 Å². The molecular formula is C20H21N5O3S. The Bertz CT molecular complexity index is 1080. The second kappa shape index (κ2) is 7.76. The smallest absolute Gasteiger partial charge is 0.253 e. The monoisotopic (exact) mass is 411 g/mol. The Hall–Kier alpha value is -3.04. The van der Waals surface area contributed by atoms with Crippen LogP contribution in [0.3, 0.4) is 0 Å². The Kier molecular flexibility index (Phi) is 5.16. The molecule has 1 N–H and O–H groups in total. The van der Waals surface area contributed by atoms with Crippen molar-refractivity contribution in [1.82, 2.24) is 24.6 Å². The van der Waals surface area contributed by atoms with Crippen molar-refractivity contribution in [3.8, 4) is 11.3 Å². The number of H-pyrrole nitrogens is 1. The molecule has 2 aromatic carbocycles. The summed E-state index contributed by atoms with van der Waals surface area (Å²) in [5.74, 6) is -0.0773. The van der Waals surface area contributed by atoms with Gasteiger partial charge in [-0.25, -0.2) is 8.42 Å². The van der Waals surface area contributed by atoms with Crippen molar-refractivity contribution >= 4 is 15.9 Å². The van der Waals surface area contributed by atoms with E-state index in [9.17, 15) is 13.2 Å². The summed E-state index contributed by atoms with van der Waals surface area (Å²) >= 11 is 0. The largest absolute Gasteiger partial charge is 0.336 e. The van der Waals surface area contributed by atoms with Gasteiger partial charge in [-0.3, -0.25) is 4.79 Å². The van der Waals surface area contributed by atoms with Gasteiger partial charge in [0.15, 0.2) is 0 Å². The van der Waals surface area contributed by atoms with Crippen molar-refractivity contribution in [2.75, 3.05) is 19.6 Å². The number of sulfonamides is 1. The van der Waals surface area contributed by atoms with Crippen molar-refractivity contribution in [3.63, 3.8) is 0 Å². The number of amides is 1. The quantitative estimate of drug-likeness (QED) is 0.708. The number of nitrogens with zero attached hydrogens (tertiary/aromatic N) is 4. The molecule has 9 heteroatoms. The van der Waals surface area contributed by atoms with Crippen molar-refractivity contribution in [1.29, 1.82) is 0 Å². The molecule has 0 spiro atoms. The molecule has 1 fully saturated rings. The molecule has 29 heavy (non-hydrogen) atoms. The van der Waals surface area contributed by atoms with Crippen LogP contribution in [-0.2, 0) is 10.0 Å². The van der Waals surface area contributed by atoms with Gasteiger partial charge < -0.3 is 4.90 Å². The van der Waals surface area contributed by atoms with Gasteiger partial charge in [0.2, 0.25) is 10.0 Å². The van der Waals surface area contributed by atoms with Crippen molar-refractivity contribution < 1.29 is 13.2 Å². The lowest BCUT2D eigenvalue weighted by atomic mass is 10.1. The fourth-order valence-electron chi connectivity index (χ4n) is 3.52.